The van der Waals surface area contributed by atoms with Gasteiger partial charge in [0.25, 0.3) is 5.91 Å². The highest BCUT2D eigenvalue weighted by Crippen LogP contribution is 2.25. The van der Waals surface area contributed by atoms with Crippen LogP contribution in [-0.4, -0.2) is 23.9 Å². The first kappa shape index (κ1) is 11.6. The molecule has 0 radical (unpaired) electrons. The molecular weight excluding hydrogens is 266 g/mol. The molecule has 0 aromatic heterocycles. The molecule has 2 nitrogen and oxygen atoms in total. The highest BCUT2D eigenvalue weighted by molar-refractivity contribution is 9.10. The summed E-state index contributed by atoms with van der Waals surface area (Å²) < 4.78 is 0.970. The predicted molar refractivity (Wildman–Crippen MR) is 68.6 cm³/mol. The minimum atomic E-state index is 0.133. The molecule has 0 bridgehead atoms. The lowest BCUT2D eigenvalue weighted by Crippen LogP contribution is -2.41. The third kappa shape index (κ3) is 2.29. The summed E-state index contributed by atoms with van der Waals surface area (Å²) in [6, 6.07) is 6.30. The molecule has 1 aliphatic rings. The van der Waals surface area contributed by atoms with Crippen molar-refractivity contribution in [1.82, 2.24) is 4.90 Å². The Labute approximate surface area is 105 Å². The van der Waals surface area contributed by atoms with Crippen molar-refractivity contribution >= 4 is 21.8 Å². The van der Waals surface area contributed by atoms with Crippen molar-refractivity contribution in [2.45, 2.75) is 32.2 Å². The molecule has 0 heterocycles. The van der Waals surface area contributed by atoms with Gasteiger partial charge < -0.3 is 4.90 Å². The van der Waals surface area contributed by atoms with E-state index in [0.29, 0.717) is 6.04 Å². The lowest BCUT2D eigenvalue weighted by molar-refractivity contribution is 0.0652. The molecule has 1 aromatic rings. The summed E-state index contributed by atoms with van der Waals surface area (Å²) in [5.74, 6) is 0.133. The van der Waals surface area contributed by atoms with Crippen molar-refractivity contribution in [1.29, 1.82) is 0 Å². The molecule has 0 saturated heterocycles. The van der Waals surface area contributed by atoms with Crippen LogP contribution in [0.2, 0.25) is 0 Å². The van der Waals surface area contributed by atoms with Crippen molar-refractivity contribution in [2.75, 3.05) is 7.05 Å². The molecule has 0 atom stereocenters. The van der Waals surface area contributed by atoms with Crippen molar-refractivity contribution < 1.29 is 4.79 Å². The SMILES string of the molecule is Cc1cc(Br)cc(C(=O)N(C)C2CCC2)c1. The smallest absolute Gasteiger partial charge is 0.253 e. The van der Waals surface area contributed by atoms with Crippen LogP contribution < -0.4 is 0 Å². The largest absolute Gasteiger partial charge is 0.339 e. The fourth-order valence-corrected chi connectivity index (χ4v) is 2.61. The number of carbonyl (C=O) groups excluding carboxylic acids is 1. The van der Waals surface area contributed by atoms with Gasteiger partial charge in [-0.25, -0.2) is 0 Å². The van der Waals surface area contributed by atoms with Crippen LogP contribution in [0.3, 0.4) is 0 Å². The van der Waals surface area contributed by atoms with E-state index in [9.17, 15) is 4.79 Å². The molecule has 2 rings (SSSR count). The molecule has 1 amide bonds. The Morgan fingerprint density at radius 3 is 2.56 bits per heavy atom. The molecule has 0 unspecified atom stereocenters. The highest BCUT2D eigenvalue weighted by Gasteiger charge is 2.26. The van der Waals surface area contributed by atoms with Gasteiger partial charge in [-0.1, -0.05) is 15.9 Å². The second-order valence-electron chi connectivity index (χ2n) is 4.52. The molecule has 1 aromatic carbocycles. The van der Waals surface area contributed by atoms with E-state index >= 15 is 0 Å². The van der Waals surface area contributed by atoms with Gasteiger partial charge in [0.1, 0.15) is 0 Å². The average molecular weight is 282 g/mol. The minimum absolute atomic E-state index is 0.133. The fraction of sp³-hybridized carbons (Fsp3) is 0.462. The molecule has 0 N–H and O–H groups in total. The first-order valence-electron chi connectivity index (χ1n) is 5.62. The minimum Gasteiger partial charge on any atom is -0.339 e. The number of nitrogens with zero attached hydrogens (tertiary/aromatic N) is 1. The van der Waals surface area contributed by atoms with Crippen LogP contribution in [0.5, 0.6) is 0 Å². The maximum absolute atomic E-state index is 12.2. The number of rotatable bonds is 2. The van der Waals surface area contributed by atoms with E-state index in [4.69, 9.17) is 0 Å². The van der Waals surface area contributed by atoms with E-state index in [1.165, 1.54) is 6.42 Å². The quantitative estimate of drug-likeness (QED) is 0.814. The zero-order valence-corrected chi connectivity index (χ0v) is 11.3. The molecule has 3 heteroatoms. The van der Waals surface area contributed by atoms with Gasteiger partial charge >= 0.3 is 0 Å². The number of hydrogen-bond donors (Lipinski definition) is 0. The zero-order chi connectivity index (χ0) is 11.7. The topological polar surface area (TPSA) is 20.3 Å². The van der Waals surface area contributed by atoms with Crippen LogP contribution in [0, 0.1) is 6.92 Å². The van der Waals surface area contributed by atoms with Gasteiger partial charge in [-0.3, -0.25) is 4.79 Å². The molecule has 86 valence electrons. The van der Waals surface area contributed by atoms with Crippen LogP contribution >= 0.6 is 15.9 Å². The van der Waals surface area contributed by atoms with E-state index in [-0.39, 0.29) is 5.91 Å². The highest BCUT2D eigenvalue weighted by atomic mass is 79.9. The maximum Gasteiger partial charge on any atom is 0.253 e. The van der Waals surface area contributed by atoms with E-state index in [2.05, 4.69) is 15.9 Å². The van der Waals surface area contributed by atoms with E-state index in [0.717, 1.165) is 28.4 Å². The zero-order valence-electron chi connectivity index (χ0n) is 9.66. The second-order valence-corrected chi connectivity index (χ2v) is 5.43. The Morgan fingerprint density at radius 2 is 2.06 bits per heavy atom. The standard InChI is InChI=1S/C13H16BrNO/c1-9-6-10(8-11(14)7-9)13(16)15(2)12-4-3-5-12/h6-8,12H,3-5H2,1-2H3. The van der Waals surface area contributed by atoms with Crippen LogP contribution in [0.25, 0.3) is 0 Å². The summed E-state index contributed by atoms with van der Waals surface area (Å²) in [7, 11) is 1.91. The number of hydrogen-bond acceptors (Lipinski definition) is 1. The lowest BCUT2D eigenvalue weighted by Gasteiger charge is -2.34. The van der Waals surface area contributed by atoms with Gasteiger partial charge in [-0.2, -0.15) is 0 Å². The third-order valence-electron chi connectivity index (χ3n) is 3.23. The first-order chi connectivity index (χ1) is 7.58. The molecule has 1 saturated carbocycles. The van der Waals surface area contributed by atoms with Crippen LogP contribution in [-0.2, 0) is 0 Å². The Bertz CT molecular complexity index is 392. The molecular formula is C13H16BrNO. The summed E-state index contributed by atoms with van der Waals surface area (Å²) in [6.07, 6.45) is 3.55. The van der Waals surface area contributed by atoms with E-state index in [1.807, 2.05) is 37.1 Å². The fourth-order valence-electron chi connectivity index (χ4n) is 2.00. The summed E-state index contributed by atoms with van der Waals surface area (Å²) >= 11 is 3.43. The summed E-state index contributed by atoms with van der Waals surface area (Å²) in [5, 5.41) is 0. The number of aryl methyl sites for hydroxylation is 1. The van der Waals surface area contributed by atoms with Gasteiger partial charge in [0.2, 0.25) is 0 Å². The lowest BCUT2D eigenvalue weighted by atomic mass is 9.91. The number of halogens is 1. The van der Waals surface area contributed by atoms with Gasteiger partial charge in [-0.05, 0) is 49.9 Å². The molecule has 1 aliphatic carbocycles. The van der Waals surface area contributed by atoms with Crippen molar-refractivity contribution in [2.24, 2.45) is 0 Å². The maximum atomic E-state index is 12.2. The molecule has 16 heavy (non-hydrogen) atoms. The summed E-state index contributed by atoms with van der Waals surface area (Å²) in [6.45, 7) is 2.00. The third-order valence-corrected chi connectivity index (χ3v) is 3.69. The van der Waals surface area contributed by atoms with Crippen LogP contribution in [0.15, 0.2) is 22.7 Å². The molecule has 0 aliphatic heterocycles. The van der Waals surface area contributed by atoms with Gasteiger partial charge in [0.05, 0.1) is 0 Å². The average Bonchev–Trinajstić information content (AvgIpc) is 2.12. The Balaban J connectivity index is 2.19. The Hall–Kier alpha value is -0.830. The number of carbonyl (C=O) groups is 1. The Morgan fingerprint density at radius 1 is 1.38 bits per heavy atom. The van der Waals surface area contributed by atoms with Gasteiger partial charge in [0, 0.05) is 23.1 Å². The Kier molecular flexibility index (Phi) is 3.33. The molecule has 0 spiro atoms. The van der Waals surface area contributed by atoms with Crippen molar-refractivity contribution in [3.8, 4) is 0 Å². The van der Waals surface area contributed by atoms with Crippen molar-refractivity contribution in [3.63, 3.8) is 0 Å². The first-order valence-corrected chi connectivity index (χ1v) is 6.41. The van der Waals surface area contributed by atoms with E-state index < -0.39 is 0 Å². The van der Waals surface area contributed by atoms with Crippen LogP contribution in [0.1, 0.15) is 35.2 Å². The summed E-state index contributed by atoms with van der Waals surface area (Å²) in [4.78, 5) is 14.1. The molecule has 1 fully saturated rings. The summed E-state index contributed by atoms with van der Waals surface area (Å²) in [5.41, 5.74) is 1.89. The van der Waals surface area contributed by atoms with Gasteiger partial charge in [0.15, 0.2) is 0 Å². The number of amides is 1. The van der Waals surface area contributed by atoms with Crippen LogP contribution in [0.4, 0.5) is 0 Å². The van der Waals surface area contributed by atoms with E-state index in [1.54, 1.807) is 0 Å². The van der Waals surface area contributed by atoms with Crippen molar-refractivity contribution in [3.05, 3.63) is 33.8 Å². The monoisotopic (exact) mass is 281 g/mol. The second kappa shape index (κ2) is 4.58. The van der Waals surface area contributed by atoms with Gasteiger partial charge in [-0.15, -0.1) is 0 Å². The number of benzene rings is 1. The normalized spacial score (nSPS) is 15.7. The predicted octanol–water partition coefficient (Wildman–Crippen LogP) is 3.38.